The van der Waals surface area contributed by atoms with Crippen LogP contribution in [0.3, 0.4) is 0 Å². The largest absolute Gasteiger partial charge is 0.507 e. The van der Waals surface area contributed by atoms with E-state index in [1.807, 2.05) is 13.8 Å². The first kappa shape index (κ1) is 26.4. The second-order valence-electron chi connectivity index (χ2n) is 8.22. The number of benzene rings is 2. The first-order chi connectivity index (χ1) is 17.7. The summed E-state index contributed by atoms with van der Waals surface area (Å²) in [4.78, 5) is 44.9. The minimum absolute atomic E-state index is 0.115. The molecule has 1 unspecified atom stereocenters. The Bertz CT molecular complexity index is 1410. The van der Waals surface area contributed by atoms with Crippen LogP contribution in [0.2, 0.25) is 5.02 Å². The number of ketones is 2. The summed E-state index contributed by atoms with van der Waals surface area (Å²) in [7, 11) is 0. The first-order valence-corrected chi connectivity index (χ1v) is 12.8. The number of anilines is 1. The van der Waals surface area contributed by atoms with Crippen LogP contribution in [0.4, 0.5) is 5.13 Å². The third kappa shape index (κ3) is 4.97. The van der Waals surface area contributed by atoms with E-state index in [1.54, 1.807) is 49.4 Å². The summed E-state index contributed by atoms with van der Waals surface area (Å²) in [5.74, 6) is -1.35. The van der Waals surface area contributed by atoms with Crippen LogP contribution < -0.4 is 14.4 Å². The first-order valence-electron chi connectivity index (χ1n) is 11.6. The number of thiazole rings is 1. The van der Waals surface area contributed by atoms with Crippen molar-refractivity contribution in [2.24, 2.45) is 0 Å². The molecule has 1 aliphatic heterocycles. The van der Waals surface area contributed by atoms with E-state index in [0.29, 0.717) is 51.4 Å². The third-order valence-corrected chi connectivity index (χ3v) is 7.27. The van der Waals surface area contributed by atoms with E-state index >= 15 is 0 Å². The molecule has 37 heavy (non-hydrogen) atoms. The molecule has 10 heteroatoms. The third-order valence-electron chi connectivity index (χ3n) is 5.76. The fourth-order valence-corrected chi connectivity index (χ4v) is 5.27. The summed E-state index contributed by atoms with van der Waals surface area (Å²) in [6.45, 7) is 7.54. The lowest BCUT2D eigenvalue weighted by Crippen LogP contribution is -2.29. The number of carbonyl (C=O) groups excluding carboxylic acids is 3. The van der Waals surface area contributed by atoms with Gasteiger partial charge in [0.15, 0.2) is 22.4 Å². The normalized spacial score (nSPS) is 16.8. The van der Waals surface area contributed by atoms with Crippen molar-refractivity contribution >= 4 is 51.3 Å². The Kier molecular flexibility index (Phi) is 7.65. The average molecular weight is 541 g/mol. The zero-order valence-electron chi connectivity index (χ0n) is 20.7. The molecule has 0 radical (unpaired) electrons. The van der Waals surface area contributed by atoms with E-state index in [9.17, 15) is 19.5 Å². The summed E-state index contributed by atoms with van der Waals surface area (Å²) >= 11 is 7.02. The molecule has 8 nitrogen and oxygen atoms in total. The molecule has 1 aliphatic rings. The van der Waals surface area contributed by atoms with Gasteiger partial charge in [-0.1, -0.05) is 29.0 Å². The number of Topliss-reactive ketones (excluding diaryl/α,β-unsaturated/α-hetero) is 2. The van der Waals surface area contributed by atoms with E-state index in [4.69, 9.17) is 21.1 Å². The highest BCUT2D eigenvalue weighted by Crippen LogP contribution is 2.45. The second kappa shape index (κ2) is 10.7. The van der Waals surface area contributed by atoms with Crippen LogP contribution in [0.15, 0.2) is 48.0 Å². The Morgan fingerprint density at radius 2 is 1.73 bits per heavy atom. The molecule has 1 aromatic heterocycles. The van der Waals surface area contributed by atoms with Crippen molar-refractivity contribution in [3.05, 3.63) is 74.8 Å². The molecule has 0 bridgehead atoms. The van der Waals surface area contributed by atoms with Crippen LogP contribution in [0, 0.1) is 6.92 Å². The number of carbonyl (C=O) groups is 3. The summed E-state index contributed by atoms with van der Waals surface area (Å²) in [5.41, 5.74) is 1.16. The topological polar surface area (TPSA) is 106 Å². The van der Waals surface area contributed by atoms with E-state index in [1.165, 1.54) is 11.8 Å². The van der Waals surface area contributed by atoms with Crippen molar-refractivity contribution in [1.82, 2.24) is 4.98 Å². The van der Waals surface area contributed by atoms with Crippen molar-refractivity contribution in [2.45, 2.75) is 33.7 Å². The van der Waals surface area contributed by atoms with Gasteiger partial charge in [0.2, 0.25) is 0 Å². The highest BCUT2D eigenvalue weighted by molar-refractivity contribution is 7.18. The number of halogens is 1. The van der Waals surface area contributed by atoms with E-state index in [0.717, 1.165) is 11.3 Å². The zero-order chi connectivity index (χ0) is 26.9. The molecule has 0 aliphatic carbocycles. The lowest BCUT2D eigenvalue weighted by molar-refractivity contribution is -0.132. The Morgan fingerprint density at radius 3 is 2.32 bits per heavy atom. The van der Waals surface area contributed by atoms with E-state index in [2.05, 4.69) is 4.98 Å². The molecule has 192 valence electrons. The molecule has 4 rings (SSSR count). The van der Waals surface area contributed by atoms with Gasteiger partial charge in [0.05, 0.1) is 35.4 Å². The van der Waals surface area contributed by atoms with Gasteiger partial charge in [0.1, 0.15) is 5.76 Å². The number of aromatic nitrogens is 1. The standard InChI is InChI=1S/C27H25ClN2O6S/c1-5-35-19-12-9-17(13-20(19)36-6-2)22-21(23(32)16-7-10-18(28)11-8-16)24(33)26(34)30(22)27-29-14(3)25(37-27)15(4)31/h7-13,22,32H,5-6H2,1-4H3/b23-21+. The summed E-state index contributed by atoms with van der Waals surface area (Å²) < 4.78 is 11.4. The molecule has 0 spiro atoms. The van der Waals surface area contributed by atoms with Gasteiger partial charge in [-0.2, -0.15) is 0 Å². The van der Waals surface area contributed by atoms with Gasteiger partial charge in [-0.15, -0.1) is 0 Å². The molecular weight excluding hydrogens is 516 g/mol. The van der Waals surface area contributed by atoms with Crippen molar-refractivity contribution in [3.8, 4) is 11.5 Å². The van der Waals surface area contributed by atoms with Crippen molar-refractivity contribution in [3.63, 3.8) is 0 Å². The highest BCUT2D eigenvalue weighted by Gasteiger charge is 2.48. The van der Waals surface area contributed by atoms with E-state index in [-0.39, 0.29) is 22.2 Å². The van der Waals surface area contributed by atoms with Crippen LogP contribution >= 0.6 is 22.9 Å². The molecule has 1 fully saturated rings. The molecule has 1 atom stereocenters. The predicted octanol–water partition coefficient (Wildman–Crippen LogP) is 5.73. The smallest absolute Gasteiger partial charge is 0.301 e. The minimum atomic E-state index is -1.03. The monoisotopic (exact) mass is 540 g/mol. The zero-order valence-corrected chi connectivity index (χ0v) is 22.3. The Hall–Kier alpha value is -3.69. The number of hydrogen-bond acceptors (Lipinski definition) is 8. The van der Waals surface area contributed by atoms with E-state index < -0.39 is 17.7 Å². The van der Waals surface area contributed by atoms with Crippen LogP contribution in [-0.4, -0.2) is 40.8 Å². The maximum Gasteiger partial charge on any atom is 0.301 e. The number of aliphatic hydroxyl groups is 1. The summed E-state index contributed by atoms with van der Waals surface area (Å²) in [5, 5.41) is 11.9. The molecule has 2 heterocycles. The number of hydrogen-bond donors (Lipinski definition) is 1. The molecule has 0 saturated carbocycles. The van der Waals surface area contributed by atoms with Crippen LogP contribution in [0.1, 0.15) is 53.3 Å². The number of aliphatic hydroxyl groups excluding tert-OH is 1. The number of nitrogens with zero attached hydrogens (tertiary/aromatic N) is 2. The van der Waals surface area contributed by atoms with Crippen molar-refractivity contribution in [1.29, 1.82) is 0 Å². The maximum atomic E-state index is 13.4. The number of ether oxygens (including phenoxy) is 2. The predicted molar refractivity (Wildman–Crippen MR) is 142 cm³/mol. The Balaban J connectivity index is 1.96. The maximum absolute atomic E-state index is 13.4. The minimum Gasteiger partial charge on any atom is -0.507 e. The number of amides is 1. The fourth-order valence-electron chi connectivity index (χ4n) is 4.16. The molecular formula is C27H25ClN2O6S. The van der Waals surface area contributed by atoms with Crippen molar-refractivity contribution in [2.75, 3.05) is 18.1 Å². The molecule has 1 N–H and O–H groups in total. The van der Waals surface area contributed by atoms with Crippen LogP contribution in [-0.2, 0) is 9.59 Å². The molecule has 2 aromatic carbocycles. The van der Waals surface area contributed by atoms with Gasteiger partial charge >= 0.3 is 5.91 Å². The Labute approximate surface area is 223 Å². The number of aryl methyl sites for hydroxylation is 1. The average Bonchev–Trinajstić information content (AvgIpc) is 3.37. The van der Waals surface area contributed by atoms with Crippen LogP contribution in [0.5, 0.6) is 11.5 Å². The van der Waals surface area contributed by atoms with Crippen molar-refractivity contribution < 1.29 is 29.0 Å². The lowest BCUT2D eigenvalue weighted by atomic mass is 9.95. The van der Waals surface area contributed by atoms with Gasteiger partial charge in [-0.25, -0.2) is 4.98 Å². The van der Waals surface area contributed by atoms with Gasteiger partial charge in [0.25, 0.3) is 5.78 Å². The Morgan fingerprint density at radius 1 is 1.08 bits per heavy atom. The number of rotatable bonds is 8. The molecule has 1 amide bonds. The quantitative estimate of drug-likeness (QED) is 0.168. The lowest BCUT2D eigenvalue weighted by Gasteiger charge is -2.24. The van der Waals surface area contributed by atoms with Crippen LogP contribution in [0.25, 0.3) is 5.76 Å². The molecule has 1 saturated heterocycles. The fraction of sp³-hybridized carbons (Fsp3) is 0.259. The second-order valence-corrected chi connectivity index (χ2v) is 9.63. The highest BCUT2D eigenvalue weighted by atomic mass is 35.5. The van der Waals surface area contributed by atoms with Gasteiger partial charge in [-0.05, 0) is 62.7 Å². The van der Waals surface area contributed by atoms with Gasteiger partial charge < -0.3 is 14.6 Å². The summed E-state index contributed by atoms with van der Waals surface area (Å²) in [6, 6.07) is 10.3. The SMILES string of the molecule is CCOc1ccc(C2/C(=C(\O)c3ccc(Cl)cc3)C(=O)C(=O)N2c2nc(C)c(C(C)=O)s2)cc1OCC. The molecule has 3 aromatic rings. The summed E-state index contributed by atoms with van der Waals surface area (Å²) in [6.07, 6.45) is 0. The van der Waals surface area contributed by atoms with Gasteiger partial charge in [-0.3, -0.25) is 19.3 Å². The van der Waals surface area contributed by atoms with Gasteiger partial charge in [0, 0.05) is 17.5 Å².